The summed E-state index contributed by atoms with van der Waals surface area (Å²) >= 11 is 0. The Hall–Kier alpha value is -1.04. The van der Waals surface area contributed by atoms with Gasteiger partial charge in [0.15, 0.2) is 10.9 Å². The second-order valence-electron chi connectivity index (χ2n) is 3.32. The molecule has 2 unspecified atom stereocenters. The van der Waals surface area contributed by atoms with Gasteiger partial charge >= 0.3 is 0 Å². The van der Waals surface area contributed by atoms with Crippen LogP contribution in [0.5, 0.6) is 0 Å². The number of hydrogen-bond donors (Lipinski definition) is 2. The van der Waals surface area contributed by atoms with E-state index in [4.69, 9.17) is 0 Å². The molecule has 0 aliphatic carbocycles. The Balaban J connectivity index is 3.41. The van der Waals surface area contributed by atoms with Crippen molar-refractivity contribution in [3.63, 3.8) is 0 Å². The summed E-state index contributed by atoms with van der Waals surface area (Å²) in [5, 5.41) is 18.5. The molecule has 2 N–H and O–H groups in total. The third kappa shape index (κ3) is 3.25. The van der Waals surface area contributed by atoms with Crippen molar-refractivity contribution in [3.05, 3.63) is 35.4 Å². The third-order valence-corrected chi connectivity index (χ3v) is 3.68. The topological polar surface area (TPSA) is 155 Å². The van der Waals surface area contributed by atoms with Gasteiger partial charge in [0.2, 0.25) is 0 Å². The van der Waals surface area contributed by atoms with Crippen LogP contribution in [0.15, 0.2) is 24.3 Å². The molecule has 18 heavy (non-hydrogen) atoms. The summed E-state index contributed by atoms with van der Waals surface area (Å²) in [5.74, 6) is 0. The quantitative estimate of drug-likeness (QED) is 0.653. The van der Waals surface area contributed by atoms with Crippen molar-refractivity contribution in [1.82, 2.24) is 0 Å². The first-order valence-corrected chi connectivity index (χ1v) is 7.34. The van der Waals surface area contributed by atoms with Crippen LogP contribution in [0.3, 0.4) is 0 Å². The fraction of sp³-hybridized carbons (Fsp3) is 0.250. The lowest BCUT2D eigenvalue weighted by molar-refractivity contribution is 0.215. The lowest BCUT2D eigenvalue weighted by Crippen LogP contribution is -2.18. The van der Waals surface area contributed by atoms with Crippen LogP contribution in [0, 0.1) is 0 Å². The molecule has 0 bridgehead atoms. The van der Waals surface area contributed by atoms with Crippen molar-refractivity contribution in [2.24, 2.45) is 0 Å². The largest absolute Gasteiger partial charge is 0.746 e. The highest BCUT2D eigenvalue weighted by Gasteiger charge is 2.24. The van der Waals surface area contributed by atoms with Crippen LogP contribution in [-0.4, -0.2) is 36.2 Å². The molecule has 1 aromatic carbocycles. The van der Waals surface area contributed by atoms with Crippen LogP contribution < -0.4 is 0 Å². The maximum absolute atomic E-state index is 10.6. The minimum Gasteiger partial charge on any atom is -0.746 e. The molecular formula is C8H8O8S2-2. The van der Waals surface area contributed by atoms with Gasteiger partial charge in [-0.1, -0.05) is 24.3 Å². The number of aliphatic hydroxyl groups excluding tert-OH is 2. The van der Waals surface area contributed by atoms with Gasteiger partial charge in [0.1, 0.15) is 20.2 Å². The van der Waals surface area contributed by atoms with E-state index in [1.807, 2.05) is 0 Å². The van der Waals surface area contributed by atoms with Crippen molar-refractivity contribution in [3.8, 4) is 0 Å². The van der Waals surface area contributed by atoms with Crippen LogP contribution in [0.2, 0.25) is 0 Å². The standard InChI is InChI=1S/C8H10O8S2/c9-7(17(11,12)13)5-3-1-2-4-6(5)8(10)18(14,15)16/h1-4,7-10H,(H,11,12,13)(H,14,15,16)/p-2. The third-order valence-electron chi connectivity index (χ3n) is 2.07. The first-order chi connectivity index (χ1) is 8.05. The van der Waals surface area contributed by atoms with E-state index in [2.05, 4.69) is 0 Å². The Morgan fingerprint density at radius 2 is 1.11 bits per heavy atom. The summed E-state index contributed by atoms with van der Waals surface area (Å²) in [6.45, 7) is 0. The van der Waals surface area contributed by atoms with E-state index in [0.29, 0.717) is 0 Å². The molecular weight excluding hydrogens is 288 g/mol. The van der Waals surface area contributed by atoms with Crippen LogP contribution in [0.4, 0.5) is 0 Å². The first-order valence-electron chi connectivity index (χ1n) is 4.39. The molecule has 10 heteroatoms. The molecule has 8 nitrogen and oxygen atoms in total. The second-order valence-corrected chi connectivity index (χ2v) is 6.18. The number of hydrogen-bond acceptors (Lipinski definition) is 8. The molecule has 0 fully saturated rings. The zero-order chi connectivity index (χ0) is 14.1. The summed E-state index contributed by atoms with van der Waals surface area (Å²) in [7, 11) is -10.3. The number of aliphatic hydroxyl groups is 2. The van der Waals surface area contributed by atoms with Gasteiger partial charge in [-0.25, -0.2) is 16.8 Å². The average molecular weight is 296 g/mol. The Kier molecular flexibility index (Phi) is 4.10. The van der Waals surface area contributed by atoms with Crippen molar-refractivity contribution in [1.29, 1.82) is 0 Å². The Morgan fingerprint density at radius 3 is 1.33 bits per heavy atom. The van der Waals surface area contributed by atoms with Gasteiger partial charge < -0.3 is 19.3 Å². The molecule has 0 amide bonds. The smallest absolute Gasteiger partial charge is 0.169 e. The summed E-state index contributed by atoms with van der Waals surface area (Å²) in [5.41, 5.74) is -6.44. The van der Waals surface area contributed by atoms with Gasteiger partial charge in [-0.05, 0) is 0 Å². The molecule has 0 aliphatic heterocycles. The van der Waals surface area contributed by atoms with Crippen molar-refractivity contribution >= 4 is 20.2 Å². The molecule has 0 saturated carbocycles. The highest BCUT2D eigenvalue weighted by Crippen LogP contribution is 2.28. The SMILES string of the molecule is O=S(=O)([O-])C(O)c1ccccc1C(O)S(=O)(=O)[O-]. The van der Waals surface area contributed by atoms with Crippen LogP contribution in [0.1, 0.15) is 22.0 Å². The van der Waals surface area contributed by atoms with Gasteiger partial charge in [0.25, 0.3) is 0 Å². The lowest BCUT2D eigenvalue weighted by atomic mass is 10.1. The monoisotopic (exact) mass is 296 g/mol. The second kappa shape index (κ2) is 4.91. The molecule has 2 atom stereocenters. The summed E-state index contributed by atoms with van der Waals surface area (Å²) in [6, 6.07) is 4.25. The summed E-state index contributed by atoms with van der Waals surface area (Å²) in [4.78, 5) is 0. The normalized spacial score (nSPS) is 16.2. The zero-order valence-corrected chi connectivity index (χ0v) is 10.3. The van der Waals surface area contributed by atoms with E-state index in [1.54, 1.807) is 0 Å². The molecule has 0 heterocycles. The maximum atomic E-state index is 10.6. The van der Waals surface area contributed by atoms with E-state index in [9.17, 15) is 36.2 Å². The molecule has 0 spiro atoms. The molecule has 0 aliphatic rings. The van der Waals surface area contributed by atoms with Gasteiger partial charge in [-0.2, -0.15) is 0 Å². The van der Waals surface area contributed by atoms with Crippen LogP contribution in [-0.2, 0) is 20.2 Å². The predicted molar refractivity (Wildman–Crippen MR) is 55.8 cm³/mol. The van der Waals surface area contributed by atoms with Gasteiger partial charge in [-0.3, -0.25) is 0 Å². The van der Waals surface area contributed by atoms with E-state index < -0.39 is 42.2 Å². The fourth-order valence-corrected chi connectivity index (χ4v) is 2.32. The van der Waals surface area contributed by atoms with E-state index in [-0.39, 0.29) is 0 Å². The Morgan fingerprint density at radius 1 is 0.833 bits per heavy atom. The summed E-state index contributed by atoms with van der Waals surface area (Å²) < 4.78 is 63.8. The van der Waals surface area contributed by atoms with Gasteiger partial charge in [-0.15, -0.1) is 0 Å². The highest BCUT2D eigenvalue weighted by atomic mass is 32.2. The Labute approximate surface area is 103 Å². The van der Waals surface area contributed by atoms with E-state index in [0.717, 1.165) is 12.1 Å². The van der Waals surface area contributed by atoms with Crippen LogP contribution in [0.25, 0.3) is 0 Å². The van der Waals surface area contributed by atoms with E-state index in [1.165, 1.54) is 12.1 Å². The molecule has 0 aromatic heterocycles. The fourth-order valence-electron chi connectivity index (χ4n) is 1.27. The maximum Gasteiger partial charge on any atom is 0.169 e. The highest BCUT2D eigenvalue weighted by molar-refractivity contribution is 7.86. The molecule has 102 valence electrons. The average Bonchev–Trinajstić information content (AvgIpc) is 2.24. The molecule has 0 radical (unpaired) electrons. The van der Waals surface area contributed by atoms with Crippen LogP contribution >= 0.6 is 0 Å². The molecule has 0 saturated heterocycles. The molecule has 1 aromatic rings. The number of rotatable bonds is 4. The number of benzene rings is 1. The minimum atomic E-state index is -5.16. The lowest BCUT2D eigenvalue weighted by Gasteiger charge is -2.22. The van der Waals surface area contributed by atoms with Crippen molar-refractivity contribution in [2.75, 3.05) is 0 Å². The Bertz CT molecular complexity index is 576. The molecule has 1 rings (SSSR count). The van der Waals surface area contributed by atoms with Gasteiger partial charge in [0.05, 0.1) is 0 Å². The van der Waals surface area contributed by atoms with Gasteiger partial charge in [0, 0.05) is 11.1 Å². The zero-order valence-electron chi connectivity index (χ0n) is 8.62. The van der Waals surface area contributed by atoms with E-state index >= 15 is 0 Å². The summed E-state index contributed by atoms with van der Waals surface area (Å²) in [6.07, 6.45) is 0. The van der Waals surface area contributed by atoms with Crippen molar-refractivity contribution < 1.29 is 36.2 Å². The van der Waals surface area contributed by atoms with Crippen molar-refractivity contribution in [2.45, 2.75) is 10.9 Å². The minimum absolute atomic E-state index is 0.653. The first kappa shape index (κ1) is 15.0. The predicted octanol–water partition coefficient (Wildman–Crippen LogP) is -1.24.